The molecule has 3 rings (SSSR count). The maximum absolute atomic E-state index is 5.72. The maximum Gasteiger partial charge on any atom is 0.233 e. The van der Waals surface area contributed by atoms with Crippen molar-refractivity contribution in [1.29, 1.82) is 0 Å². The van der Waals surface area contributed by atoms with Crippen LogP contribution >= 0.6 is 27.7 Å². The fourth-order valence-electron chi connectivity index (χ4n) is 1.73. The topological polar surface area (TPSA) is 56.2 Å². The number of halogens is 1. The Morgan fingerprint density at radius 2 is 2.26 bits per heavy atom. The summed E-state index contributed by atoms with van der Waals surface area (Å²) in [5.41, 5.74) is 7.49. The Bertz CT molecular complexity index is 692. The van der Waals surface area contributed by atoms with Gasteiger partial charge in [0.1, 0.15) is 0 Å². The molecular formula is C13H11BrN4S. The van der Waals surface area contributed by atoms with Gasteiger partial charge >= 0.3 is 0 Å². The Labute approximate surface area is 123 Å². The van der Waals surface area contributed by atoms with Crippen LogP contribution in [0.25, 0.3) is 5.78 Å². The Morgan fingerprint density at radius 3 is 3.05 bits per heavy atom. The van der Waals surface area contributed by atoms with E-state index in [1.165, 1.54) is 0 Å². The van der Waals surface area contributed by atoms with E-state index in [-0.39, 0.29) is 0 Å². The first-order valence-corrected chi connectivity index (χ1v) is 7.47. The lowest BCUT2D eigenvalue weighted by molar-refractivity contribution is 1.11. The number of hydrogen-bond acceptors (Lipinski definition) is 4. The first-order chi connectivity index (χ1) is 9.22. The van der Waals surface area contributed by atoms with Crippen molar-refractivity contribution in [3.63, 3.8) is 0 Å². The summed E-state index contributed by atoms with van der Waals surface area (Å²) in [5, 5.41) is 0. The molecule has 19 heavy (non-hydrogen) atoms. The fraction of sp³-hybridized carbons (Fsp3) is 0.0769. The predicted molar refractivity (Wildman–Crippen MR) is 81.1 cm³/mol. The fourth-order valence-corrected chi connectivity index (χ4v) is 3.28. The summed E-state index contributed by atoms with van der Waals surface area (Å²) in [6.07, 6.45) is 5.69. The molecule has 3 aromatic rings. The van der Waals surface area contributed by atoms with Gasteiger partial charge in [0.2, 0.25) is 5.78 Å². The van der Waals surface area contributed by atoms with Gasteiger partial charge in [-0.05, 0) is 40.2 Å². The number of nitrogens with zero attached hydrogens (tertiary/aromatic N) is 3. The van der Waals surface area contributed by atoms with Crippen LogP contribution < -0.4 is 5.73 Å². The standard InChI is InChI=1S/C13H11BrN4S/c14-11-6-9(15)2-3-12(11)19-8-10-7-18-5-1-4-16-13(18)17-10/h1-7H,8,15H2. The van der Waals surface area contributed by atoms with Crippen LogP contribution in [0.15, 0.2) is 52.2 Å². The van der Waals surface area contributed by atoms with Crippen LogP contribution in [0.1, 0.15) is 5.69 Å². The van der Waals surface area contributed by atoms with Gasteiger partial charge in [0.15, 0.2) is 0 Å². The number of hydrogen-bond donors (Lipinski definition) is 1. The van der Waals surface area contributed by atoms with Crippen LogP contribution in [0.4, 0.5) is 5.69 Å². The van der Waals surface area contributed by atoms with Crippen molar-refractivity contribution >= 4 is 39.2 Å². The van der Waals surface area contributed by atoms with Gasteiger partial charge in [-0.3, -0.25) is 4.40 Å². The third-order valence-electron chi connectivity index (χ3n) is 2.62. The van der Waals surface area contributed by atoms with Crippen molar-refractivity contribution in [2.24, 2.45) is 0 Å². The largest absolute Gasteiger partial charge is 0.399 e. The number of aromatic nitrogens is 3. The van der Waals surface area contributed by atoms with E-state index in [4.69, 9.17) is 5.73 Å². The van der Waals surface area contributed by atoms with E-state index in [0.717, 1.165) is 32.3 Å². The molecule has 0 atom stereocenters. The number of benzene rings is 1. The van der Waals surface area contributed by atoms with Crippen molar-refractivity contribution in [1.82, 2.24) is 14.4 Å². The highest BCUT2D eigenvalue weighted by molar-refractivity contribution is 9.10. The zero-order valence-corrected chi connectivity index (χ0v) is 12.4. The average molecular weight is 335 g/mol. The number of nitrogen functional groups attached to an aromatic ring is 1. The molecule has 0 saturated heterocycles. The van der Waals surface area contributed by atoms with Gasteiger partial charge in [0.05, 0.1) is 5.69 Å². The van der Waals surface area contributed by atoms with Crippen LogP contribution in [-0.2, 0) is 5.75 Å². The highest BCUT2D eigenvalue weighted by Crippen LogP contribution is 2.31. The number of fused-ring (bicyclic) bond motifs is 1. The maximum atomic E-state index is 5.72. The van der Waals surface area contributed by atoms with Gasteiger partial charge in [-0.15, -0.1) is 11.8 Å². The molecule has 0 unspecified atom stereocenters. The second-order valence-electron chi connectivity index (χ2n) is 4.04. The monoisotopic (exact) mass is 334 g/mol. The van der Waals surface area contributed by atoms with E-state index in [2.05, 4.69) is 25.9 Å². The van der Waals surface area contributed by atoms with Gasteiger partial charge in [-0.1, -0.05) is 0 Å². The zero-order valence-electron chi connectivity index (χ0n) is 9.95. The summed E-state index contributed by atoms with van der Waals surface area (Å²) >= 11 is 5.23. The number of thioether (sulfide) groups is 1. The number of imidazole rings is 1. The zero-order chi connectivity index (χ0) is 13.2. The van der Waals surface area contributed by atoms with Crippen molar-refractivity contribution in [2.45, 2.75) is 10.6 Å². The van der Waals surface area contributed by atoms with Crippen LogP contribution in [0, 0.1) is 0 Å². The van der Waals surface area contributed by atoms with Gasteiger partial charge < -0.3 is 5.73 Å². The number of nitrogens with two attached hydrogens (primary N) is 1. The Morgan fingerprint density at radius 1 is 1.37 bits per heavy atom. The minimum Gasteiger partial charge on any atom is -0.399 e. The van der Waals surface area contributed by atoms with Crippen LogP contribution in [0.2, 0.25) is 0 Å². The van der Waals surface area contributed by atoms with Gasteiger partial charge in [0, 0.05) is 39.4 Å². The molecule has 6 heteroatoms. The van der Waals surface area contributed by atoms with E-state index in [0.29, 0.717) is 0 Å². The minimum atomic E-state index is 0.731. The van der Waals surface area contributed by atoms with Gasteiger partial charge in [-0.25, -0.2) is 9.97 Å². The highest BCUT2D eigenvalue weighted by atomic mass is 79.9. The molecule has 96 valence electrons. The molecule has 0 fully saturated rings. The van der Waals surface area contributed by atoms with Crippen molar-refractivity contribution in [3.8, 4) is 0 Å². The summed E-state index contributed by atoms with van der Waals surface area (Å²) in [6, 6.07) is 7.71. The minimum absolute atomic E-state index is 0.731. The molecule has 4 nitrogen and oxygen atoms in total. The van der Waals surface area contributed by atoms with E-state index < -0.39 is 0 Å². The second-order valence-corrected chi connectivity index (χ2v) is 5.91. The molecule has 0 amide bonds. The van der Waals surface area contributed by atoms with E-state index >= 15 is 0 Å². The molecule has 2 heterocycles. The normalized spacial score (nSPS) is 11.0. The van der Waals surface area contributed by atoms with E-state index in [1.54, 1.807) is 18.0 Å². The van der Waals surface area contributed by atoms with Crippen LogP contribution in [0.5, 0.6) is 0 Å². The molecule has 0 spiro atoms. The first-order valence-electron chi connectivity index (χ1n) is 5.69. The first kappa shape index (κ1) is 12.5. The molecule has 0 saturated carbocycles. The summed E-state index contributed by atoms with van der Waals surface area (Å²) in [7, 11) is 0. The average Bonchev–Trinajstić information content (AvgIpc) is 2.80. The SMILES string of the molecule is Nc1ccc(SCc2cn3cccnc3n2)c(Br)c1. The molecule has 0 aliphatic rings. The molecule has 0 aliphatic heterocycles. The molecule has 2 N–H and O–H groups in total. The third kappa shape index (κ3) is 2.74. The quantitative estimate of drug-likeness (QED) is 0.589. The highest BCUT2D eigenvalue weighted by Gasteiger charge is 2.05. The Balaban J connectivity index is 1.78. The predicted octanol–water partition coefficient (Wildman–Crippen LogP) is 3.37. The second kappa shape index (κ2) is 5.22. The third-order valence-corrected chi connectivity index (χ3v) is 4.64. The van der Waals surface area contributed by atoms with E-state index in [1.807, 2.05) is 41.1 Å². The lowest BCUT2D eigenvalue weighted by Crippen LogP contribution is -1.86. The van der Waals surface area contributed by atoms with Crippen LogP contribution in [-0.4, -0.2) is 14.4 Å². The number of anilines is 1. The smallest absolute Gasteiger partial charge is 0.233 e. The van der Waals surface area contributed by atoms with Crippen molar-refractivity contribution in [3.05, 3.63) is 53.0 Å². The molecular weight excluding hydrogens is 324 g/mol. The van der Waals surface area contributed by atoms with Gasteiger partial charge in [0.25, 0.3) is 0 Å². The van der Waals surface area contributed by atoms with E-state index in [9.17, 15) is 0 Å². The van der Waals surface area contributed by atoms with Crippen LogP contribution in [0.3, 0.4) is 0 Å². The van der Waals surface area contributed by atoms with Gasteiger partial charge in [-0.2, -0.15) is 0 Å². The lowest BCUT2D eigenvalue weighted by Gasteiger charge is -2.03. The Kier molecular flexibility index (Phi) is 3.44. The summed E-state index contributed by atoms with van der Waals surface area (Å²) < 4.78 is 2.94. The molecule has 2 aromatic heterocycles. The summed E-state index contributed by atoms with van der Waals surface area (Å²) in [4.78, 5) is 9.82. The molecule has 0 radical (unpaired) electrons. The summed E-state index contributed by atoms with van der Waals surface area (Å²) in [5.74, 6) is 1.53. The molecule has 0 aliphatic carbocycles. The molecule has 1 aromatic carbocycles. The lowest BCUT2D eigenvalue weighted by atomic mass is 10.3. The van der Waals surface area contributed by atoms with Crippen molar-refractivity contribution in [2.75, 3.05) is 5.73 Å². The molecule has 0 bridgehead atoms. The Hall–Kier alpha value is -1.53. The summed E-state index contributed by atoms with van der Waals surface area (Å²) in [6.45, 7) is 0. The number of rotatable bonds is 3. The van der Waals surface area contributed by atoms with Crippen molar-refractivity contribution < 1.29 is 0 Å².